The molecule has 1 saturated heterocycles. The highest BCUT2D eigenvalue weighted by Gasteiger charge is 2.30. The Bertz CT molecular complexity index is 962. The van der Waals surface area contributed by atoms with Gasteiger partial charge in [0.05, 0.1) is 10.6 Å². The van der Waals surface area contributed by atoms with E-state index in [2.05, 4.69) is 4.72 Å². The maximum Gasteiger partial charge on any atom is 0.261 e. The van der Waals surface area contributed by atoms with Crippen molar-refractivity contribution in [3.8, 4) is 0 Å². The van der Waals surface area contributed by atoms with Gasteiger partial charge in [0.25, 0.3) is 10.0 Å². The minimum atomic E-state index is -3.87. The SMILES string of the molecule is Cc1ccc(S(=O)(=O)Nc2ccccc2S(=O)(=O)N2CCCC2)cc1. The second-order valence-corrected chi connectivity index (χ2v) is 9.61. The molecule has 1 aliphatic heterocycles. The molecule has 0 spiro atoms. The number of hydrogen-bond acceptors (Lipinski definition) is 4. The Kier molecular flexibility index (Phi) is 4.86. The van der Waals surface area contributed by atoms with Crippen molar-refractivity contribution in [3.05, 3.63) is 54.1 Å². The normalized spacial score (nSPS) is 16.0. The zero-order chi connectivity index (χ0) is 18.1. The number of hydrogen-bond donors (Lipinski definition) is 1. The molecule has 2 aromatic carbocycles. The average molecular weight is 380 g/mol. The van der Waals surface area contributed by atoms with E-state index in [1.807, 2.05) is 6.92 Å². The van der Waals surface area contributed by atoms with Crippen molar-refractivity contribution < 1.29 is 16.8 Å². The van der Waals surface area contributed by atoms with Crippen LogP contribution in [0.4, 0.5) is 5.69 Å². The number of aryl methyl sites for hydroxylation is 1. The van der Waals surface area contributed by atoms with Crippen LogP contribution >= 0.6 is 0 Å². The second kappa shape index (κ2) is 6.78. The Labute approximate surface area is 148 Å². The molecule has 0 amide bonds. The Morgan fingerprint density at radius 3 is 2.12 bits per heavy atom. The highest BCUT2D eigenvalue weighted by Crippen LogP contribution is 2.28. The molecule has 25 heavy (non-hydrogen) atoms. The molecule has 1 heterocycles. The Morgan fingerprint density at radius 1 is 0.880 bits per heavy atom. The summed E-state index contributed by atoms with van der Waals surface area (Å²) in [6, 6.07) is 12.5. The summed E-state index contributed by atoms with van der Waals surface area (Å²) < 4.78 is 54.6. The number of rotatable bonds is 5. The monoisotopic (exact) mass is 380 g/mol. The lowest BCUT2D eigenvalue weighted by molar-refractivity contribution is 0.478. The van der Waals surface area contributed by atoms with Gasteiger partial charge in [0.1, 0.15) is 4.90 Å². The van der Waals surface area contributed by atoms with E-state index in [0.29, 0.717) is 13.1 Å². The van der Waals surface area contributed by atoms with Crippen LogP contribution in [0.5, 0.6) is 0 Å². The van der Waals surface area contributed by atoms with Crippen molar-refractivity contribution in [1.29, 1.82) is 0 Å². The Hall–Kier alpha value is -1.90. The summed E-state index contributed by atoms with van der Waals surface area (Å²) in [5.74, 6) is 0. The molecule has 0 unspecified atom stereocenters. The predicted molar refractivity (Wildman–Crippen MR) is 96.4 cm³/mol. The van der Waals surface area contributed by atoms with Crippen molar-refractivity contribution in [2.45, 2.75) is 29.6 Å². The lowest BCUT2D eigenvalue weighted by Crippen LogP contribution is -2.29. The second-order valence-electron chi connectivity index (χ2n) is 6.03. The third-order valence-corrected chi connectivity index (χ3v) is 7.48. The number of benzene rings is 2. The fourth-order valence-electron chi connectivity index (χ4n) is 2.76. The van der Waals surface area contributed by atoms with Crippen molar-refractivity contribution in [3.63, 3.8) is 0 Å². The molecule has 0 atom stereocenters. The van der Waals surface area contributed by atoms with Gasteiger partial charge in [-0.2, -0.15) is 4.31 Å². The molecule has 0 aliphatic carbocycles. The summed E-state index contributed by atoms with van der Waals surface area (Å²) >= 11 is 0. The van der Waals surface area contributed by atoms with Gasteiger partial charge < -0.3 is 0 Å². The van der Waals surface area contributed by atoms with Crippen LogP contribution in [0.1, 0.15) is 18.4 Å². The van der Waals surface area contributed by atoms with Crippen LogP contribution in [-0.2, 0) is 20.0 Å². The largest absolute Gasteiger partial charge is 0.278 e. The first-order valence-corrected chi connectivity index (χ1v) is 10.9. The van der Waals surface area contributed by atoms with E-state index >= 15 is 0 Å². The molecule has 8 heteroatoms. The van der Waals surface area contributed by atoms with Gasteiger partial charge in [-0.15, -0.1) is 0 Å². The van der Waals surface area contributed by atoms with Crippen LogP contribution in [-0.4, -0.2) is 34.2 Å². The van der Waals surface area contributed by atoms with E-state index in [4.69, 9.17) is 0 Å². The number of nitrogens with zero attached hydrogens (tertiary/aromatic N) is 1. The molecule has 1 N–H and O–H groups in total. The van der Waals surface area contributed by atoms with E-state index in [1.54, 1.807) is 24.3 Å². The number of para-hydroxylation sites is 1. The van der Waals surface area contributed by atoms with Gasteiger partial charge in [-0.1, -0.05) is 29.8 Å². The maximum atomic E-state index is 12.8. The van der Waals surface area contributed by atoms with Gasteiger partial charge in [0.2, 0.25) is 10.0 Å². The predicted octanol–water partition coefficient (Wildman–Crippen LogP) is 2.58. The molecule has 0 radical (unpaired) electrons. The molecule has 2 aromatic rings. The lowest BCUT2D eigenvalue weighted by Gasteiger charge is -2.18. The van der Waals surface area contributed by atoms with E-state index in [9.17, 15) is 16.8 Å². The summed E-state index contributed by atoms with van der Waals surface area (Å²) in [7, 11) is -7.59. The lowest BCUT2D eigenvalue weighted by atomic mass is 10.2. The molecule has 6 nitrogen and oxygen atoms in total. The standard InChI is InChI=1S/C17H20N2O4S2/c1-14-8-10-15(11-9-14)24(20,21)18-16-6-2-3-7-17(16)25(22,23)19-12-4-5-13-19/h2-3,6-11,18H,4-5,12-13H2,1H3. The first-order chi connectivity index (χ1) is 11.8. The molecule has 1 fully saturated rings. The van der Waals surface area contributed by atoms with Crippen LogP contribution in [0.15, 0.2) is 58.3 Å². The average Bonchev–Trinajstić information content (AvgIpc) is 3.10. The van der Waals surface area contributed by atoms with E-state index < -0.39 is 20.0 Å². The minimum Gasteiger partial charge on any atom is -0.278 e. The number of nitrogens with one attached hydrogen (secondary N) is 1. The molecule has 3 rings (SSSR count). The minimum absolute atomic E-state index is 0.0208. The fraction of sp³-hybridized carbons (Fsp3) is 0.294. The fourth-order valence-corrected chi connectivity index (χ4v) is 5.57. The van der Waals surface area contributed by atoms with Crippen molar-refractivity contribution >= 4 is 25.7 Å². The van der Waals surface area contributed by atoms with Gasteiger partial charge in [-0.25, -0.2) is 16.8 Å². The molecule has 1 aliphatic rings. The first-order valence-electron chi connectivity index (χ1n) is 7.99. The van der Waals surface area contributed by atoms with Crippen LogP contribution < -0.4 is 4.72 Å². The van der Waals surface area contributed by atoms with Crippen molar-refractivity contribution in [1.82, 2.24) is 4.31 Å². The highest BCUT2D eigenvalue weighted by molar-refractivity contribution is 7.93. The van der Waals surface area contributed by atoms with Gasteiger partial charge in [0.15, 0.2) is 0 Å². The van der Waals surface area contributed by atoms with Gasteiger partial charge in [-0.05, 0) is 44.0 Å². The van der Waals surface area contributed by atoms with Crippen LogP contribution in [0.25, 0.3) is 0 Å². The first kappa shape index (κ1) is 17.9. The van der Waals surface area contributed by atoms with Crippen LogP contribution in [0.2, 0.25) is 0 Å². The highest BCUT2D eigenvalue weighted by atomic mass is 32.2. The third kappa shape index (κ3) is 3.70. The topological polar surface area (TPSA) is 83.5 Å². The smallest absolute Gasteiger partial charge is 0.261 e. The molecular weight excluding hydrogens is 360 g/mol. The van der Waals surface area contributed by atoms with Crippen LogP contribution in [0.3, 0.4) is 0 Å². The van der Waals surface area contributed by atoms with Gasteiger partial charge in [0, 0.05) is 13.1 Å². The van der Waals surface area contributed by atoms with Crippen molar-refractivity contribution in [2.75, 3.05) is 17.8 Å². The Morgan fingerprint density at radius 2 is 1.48 bits per heavy atom. The van der Waals surface area contributed by atoms with Crippen molar-refractivity contribution in [2.24, 2.45) is 0 Å². The molecule has 134 valence electrons. The molecule has 0 aromatic heterocycles. The maximum absolute atomic E-state index is 12.8. The summed E-state index contributed by atoms with van der Waals surface area (Å²) in [5, 5.41) is 0. The van der Waals surface area contributed by atoms with Gasteiger partial charge >= 0.3 is 0 Å². The number of sulfonamides is 2. The van der Waals surface area contributed by atoms with Gasteiger partial charge in [-0.3, -0.25) is 4.72 Å². The van der Waals surface area contributed by atoms with E-state index in [0.717, 1.165) is 18.4 Å². The zero-order valence-electron chi connectivity index (χ0n) is 13.8. The summed E-state index contributed by atoms with van der Waals surface area (Å²) in [4.78, 5) is 0.0686. The number of anilines is 1. The third-order valence-electron chi connectivity index (χ3n) is 4.15. The molecule has 0 saturated carbocycles. The summed E-state index contributed by atoms with van der Waals surface area (Å²) in [6.07, 6.45) is 1.63. The Balaban J connectivity index is 1.97. The quantitative estimate of drug-likeness (QED) is 0.864. The summed E-state index contributed by atoms with van der Waals surface area (Å²) in [5.41, 5.74) is 1.01. The summed E-state index contributed by atoms with van der Waals surface area (Å²) in [6.45, 7) is 2.78. The van der Waals surface area contributed by atoms with E-state index in [-0.39, 0.29) is 15.5 Å². The van der Waals surface area contributed by atoms with E-state index in [1.165, 1.54) is 28.6 Å². The van der Waals surface area contributed by atoms with Crippen LogP contribution in [0, 0.1) is 6.92 Å². The molecular formula is C17H20N2O4S2. The zero-order valence-corrected chi connectivity index (χ0v) is 15.5. The molecule has 0 bridgehead atoms.